The molecule has 0 amide bonds. The van der Waals surface area contributed by atoms with Crippen LogP contribution in [0.15, 0.2) is 59.2 Å². The van der Waals surface area contributed by atoms with Crippen molar-refractivity contribution in [2.75, 3.05) is 27.2 Å². The number of rotatable bonds is 6. The van der Waals surface area contributed by atoms with Crippen LogP contribution in [0.4, 0.5) is 0 Å². The number of benzene rings is 2. The lowest BCUT2D eigenvalue weighted by molar-refractivity contribution is 0.263. The zero-order valence-corrected chi connectivity index (χ0v) is 15.1. The third kappa shape index (κ3) is 3.77. The van der Waals surface area contributed by atoms with E-state index in [2.05, 4.69) is 88.2 Å². The number of hydrogen-bond acceptors (Lipinski definition) is 2. The summed E-state index contributed by atoms with van der Waals surface area (Å²) >= 11 is 3.63. The molecule has 23 heavy (non-hydrogen) atoms. The lowest BCUT2D eigenvalue weighted by atomic mass is 10.2. The SMILES string of the molecule is CN(C)CCOc1cn(Cc2ccccc2Br)c2ccccc12. The molecule has 0 saturated carbocycles. The number of fused-ring (bicyclic) bond motifs is 1. The molecule has 3 aromatic rings. The molecule has 0 radical (unpaired) electrons. The first-order valence-electron chi connectivity index (χ1n) is 7.74. The second kappa shape index (κ2) is 7.20. The van der Waals surface area contributed by atoms with Crippen molar-refractivity contribution in [1.82, 2.24) is 9.47 Å². The molecule has 0 aliphatic rings. The average molecular weight is 373 g/mol. The monoisotopic (exact) mass is 372 g/mol. The number of hydrogen-bond donors (Lipinski definition) is 0. The zero-order valence-electron chi connectivity index (χ0n) is 13.5. The van der Waals surface area contributed by atoms with Gasteiger partial charge in [-0.25, -0.2) is 0 Å². The van der Waals surface area contributed by atoms with E-state index in [0.717, 1.165) is 23.3 Å². The van der Waals surface area contributed by atoms with Crippen LogP contribution in [0.3, 0.4) is 0 Å². The second-order valence-corrected chi connectivity index (χ2v) is 6.74. The van der Waals surface area contributed by atoms with Crippen LogP contribution in [0, 0.1) is 0 Å². The Balaban J connectivity index is 1.90. The van der Waals surface area contributed by atoms with Crippen LogP contribution in [0.2, 0.25) is 0 Å². The Morgan fingerprint density at radius 3 is 2.57 bits per heavy atom. The molecule has 1 aromatic heterocycles. The highest BCUT2D eigenvalue weighted by molar-refractivity contribution is 9.10. The zero-order chi connectivity index (χ0) is 16.2. The molecule has 3 nitrogen and oxygen atoms in total. The summed E-state index contributed by atoms with van der Waals surface area (Å²) in [4.78, 5) is 2.13. The van der Waals surface area contributed by atoms with Gasteiger partial charge in [0.15, 0.2) is 0 Å². The van der Waals surface area contributed by atoms with Gasteiger partial charge in [0.25, 0.3) is 0 Å². The molecule has 0 atom stereocenters. The smallest absolute Gasteiger partial charge is 0.144 e. The van der Waals surface area contributed by atoms with E-state index in [1.807, 2.05) is 6.07 Å². The summed E-state index contributed by atoms with van der Waals surface area (Å²) in [6.45, 7) is 2.42. The Morgan fingerprint density at radius 1 is 1.04 bits per heavy atom. The minimum absolute atomic E-state index is 0.691. The average Bonchev–Trinajstić information content (AvgIpc) is 2.88. The number of halogens is 1. The highest BCUT2D eigenvalue weighted by atomic mass is 79.9. The van der Waals surface area contributed by atoms with Crippen molar-refractivity contribution >= 4 is 26.8 Å². The summed E-state index contributed by atoms with van der Waals surface area (Å²) < 4.78 is 9.39. The van der Waals surface area contributed by atoms with E-state index in [9.17, 15) is 0 Å². The van der Waals surface area contributed by atoms with Gasteiger partial charge >= 0.3 is 0 Å². The van der Waals surface area contributed by atoms with E-state index in [-0.39, 0.29) is 0 Å². The maximum Gasteiger partial charge on any atom is 0.144 e. The Kier molecular flexibility index (Phi) is 5.03. The molecule has 2 aromatic carbocycles. The van der Waals surface area contributed by atoms with Gasteiger partial charge in [0.2, 0.25) is 0 Å². The standard InChI is InChI=1S/C19H21BrN2O/c1-21(2)11-12-23-19-14-22(18-10-6-4-8-16(18)19)13-15-7-3-5-9-17(15)20/h3-10,14H,11-13H2,1-2H3. The van der Waals surface area contributed by atoms with E-state index in [1.165, 1.54) is 16.5 Å². The molecule has 0 spiro atoms. The lowest BCUT2D eigenvalue weighted by Crippen LogP contribution is -2.19. The fourth-order valence-corrected chi connectivity index (χ4v) is 3.02. The molecule has 0 bridgehead atoms. The molecular formula is C19H21BrN2O. The minimum Gasteiger partial charge on any atom is -0.490 e. The van der Waals surface area contributed by atoms with Crippen LogP contribution in [0.1, 0.15) is 5.56 Å². The summed E-state index contributed by atoms with van der Waals surface area (Å²) in [5.41, 5.74) is 2.45. The molecule has 3 rings (SSSR count). The van der Waals surface area contributed by atoms with Gasteiger partial charge in [-0.3, -0.25) is 0 Å². The molecule has 0 aliphatic carbocycles. The molecule has 0 saturated heterocycles. The summed E-state index contributed by atoms with van der Waals surface area (Å²) in [5.74, 6) is 0.953. The maximum absolute atomic E-state index is 6.00. The topological polar surface area (TPSA) is 17.4 Å². The first-order valence-corrected chi connectivity index (χ1v) is 8.53. The first kappa shape index (κ1) is 16.1. The number of nitrogens with zero attached hydrogens (tertiary/aromatic N) is 2. The van der Waals surface area contributed by atoms with Crippen molar-refractivity contribution in [3.63, 3.8) is 0 Å². The predicted molar refractivity (Wildman–Crippen MR) is 99.2 cm³/mol. The third-order valence-corrected chi connectivity index (χ3v) is 4.62. The highest BCUT2D eigenvalue weighted by Crippen LogP contribution is 2.29. The number of likely N-dealkylation sites (N-methyl/N-ethyl adjacent to an activating group) is 1. The van der Waals surface area contributed by atoms with Gasteiger partial charge in [-0.2, -0.15) is 0 Å². The van der Waals surface area contributed by atoms with Gasteiger partial charge in [-0.1, -0.05) is 46.3 Å². The Hall–Kier alpha value is -1.78. The fraction of sp³-hybridized carbons (Fsp3) is 0.263. The molecule has 120 valence electrons. The van der Waals surface area contributed by atoms with Crippen LogP contribution >= 0.6 is 15.9 Å². The third-order valence-electron chi connectivity index (χ3n) is 3.85. The van der Waals surface area contributed by atoms with Crippen LogP contribution in [-0.2, 0) is 6.54 Å². The molecular weight excluding hydrogens is 352 g/mol. The van der Waals surface area contributed by atoms with Gasteiger partial charge in [-0.15, -0.1) is 0 Å². The quantitative estimate of drug-likeness (QED) is 0.638. The Labute approximate surface area is 145 Å². The van der Waals surface area contributed by atoms with Crippen molar-refractivity contribution in [1.29, 1.82) is 0 Å². The largest absolute Gasteiger partial charge is 0.490 e. The molecule has 4 heteroatoms. The van der Waals surface area contributed by atoms with Crippen molar-refractivity contribution in [2.45, 2.75) is 6.54 Å². The number of para-hydroxylation sites is 1. The second-order valence-electron chi connectivity index (χ2n) is 5.88. The number of ether oxygens (including phenoxy) is 1. The van der Waals surface area contributed by atoms with Crippen molar-refractivity contribution in [2.24, 2.45) is 0 Å². The van der Waals surface area contributed by atoms with Gasteiger partial charge in [0.1, 0.15) is 12.4 Å². The van der Waals surface area contributed by atoms with Crippen molar-refractivity contribution in [3.8, 4) is 5.75 Å². The molecule has 0 fully saturated rings. The number of aromatic nitrogens is 1. The normalized spacial score (nSPS) is 11.3. The lowest BCUT2D eigenvalue weighted by Gasteiger charge is -2.10. The van der Waals surface area contributed by atoms with Crippen molar-refractivity contribution < 1.29 is 4.74 Å². The predicted octanol–water partition coefficient (Wildman–Crippen LogP) is 4.39. The minimum atomic E-state index is 0.691. The summed E-state index contributed by atoms with van der Waals surface area (Å²) in [6.07, 6.45) is 2.11. The summed E-state index contributed by atoms with van der Waals surface area (Å²) in [6, 6.07) is 16.7. The molecule has 0 aliphatic heterocycles. The van der Waals surface area contributed by atoms with Crippen LogP contribution < -0.4 is 4.74 Å². The van der Waals surface area contributed by atoms with Crippen molar-refractivity contribution in [3.05, 3.63) is 64.8 Å². The van der Waals surface area contributed by atoms with Crippen LogP contribution in [0.25, 0.3) is 10.9 Å². The Bertz CT molecular complexity index is 795. The van der Waals surface area contributed by atoms with Crippen LogP contribution in [-0.4, -0.2) is 36.7 Å². The first-order chi connectivity index (χ1) is 11.1. The van der Waals surface area contributed by atoms with Gasteiger partial charge < -0.3 is 14.2 Å². The molecule has 0 unspecified atom stereocenters. The van der Waals surface area contributed by atoms with Gasteiger partial charge in [0.05, 0.1) is 5.52 Å². The van der Waals surface area contributed by atoms with E-state index in [4.69, 9.17) is 4.74 Å². The van der Waals surface area contributed by atoms with E-state index in [1.54, 1.807) is 0 Å². The maximum atomic E-state index is 6.00. The van der Waals surface area contributed by atoms with E-state index < -0.39 is 0 Å². The summed E-state index contributed by atoms with van der Waals surface area (Å²) in [7, 11) is 4.11. The summed E-state index contributed by atoms with van der Waals surface area (Å²) in [5, 5.41) is 1.17. The van der Waals surface area contributed by atoms with E-state index >= 15 is 0 Å². The fourth-order valence-electron chi connectivity index (χ4n) is 2.61. The highest BCUT2D eigenvalue weighted by Gasteiger charge is 2.10. The van der Waals surface area contributed by atoms with Crippen LogP contribution in [0.5, 0.6) is 5.75 Å². The Morgan fingerprint density at radius 2 is 1.78 bits per heavy atom. The van der Waals surface area contributed by atoms with Gasteiger partial charge in [0, 0.05) is 29.1 Å². The van der Waals surface area contributed by atoms with E-state index in [0.29, 0.717) is 6.61 Å². The molecule has 0 N–H and O–H groups in total. The van der Waals surface area contributed by atoms with Gasteiger partial charge in [-0.05, 0) is 37.9 Å². The molecule has 1 heterocycles.